The average Bonchev–Trinajstić information content (AvgIpc) is 2.67. The predicted molar refractivity (Wildman–Crippen MR) is 78.6 cm³/mol. The second-order valence-electron chi connectivity index (χ2n) is 4.68. The zero-order valence-electron chi connectivity index (χ0n) is 10.0. The zero-order chi connectivity index (χ0) is 12.5. The molecule has 3 rings (SSSR count). The van der Waals surface area contributed by atoms with E-state index in [1.165, 1.54) is 16.8 Å². The molecule has 1 aliphatic heterocycles. The summed E-state index contributed by atoms with van der Waals surface area (Å²) in [6, 6.07) is 17.0. The largest absolute Gasteiger partial charge is 0.365 e. The van der Waals surface area contributed by atoms with Crippen LogP contribution in [0.4, 0.5) is 5.69 Å². The number of benzene rings is 2. The third-order valence-corrected chi connectivity index (χ3v) is 3.86. The van der Waals surface area contributed by atoms with Gasteiger partial charge in [0.15, 0.2) is 0 Å². The van der Waals surface area contributed by atoms with E-state index in [0.29, 0.717) is 0 Å². The Hall–Kier alpha value is -1.32. The molecular weight excluding hydrogens is 288 g/mol. The van der Waals surface area contributed by atoms with Crippen molar-refractivity contribution in [3.05, 3.63) is 64.1 Å². The Morgan fingerprint density at radius 2 is 1.94 bits per heavy atom. The number of fused-ring (bicyclic) bond motifs is 1. The first-order chi connectivity index (χ1) is 8.74. The van der Waals surface area contributed by atoms with Crippen LogP contribution in [0.25, 0.3) is 0 Å². The highest BCUT2D eigenvalue weighted by atomic mass is 79.9. The van der Waals surface area contributed by atoms with Crippen LogP contribution in [0, 0.1) is 0 Å². The molecule has 1 aliphatic rings. The highest BCUT2D eigenvalue weighted by Gasteiger charge is 2.25. The van der Waals surface area contributed by atoms with E-state index in [0.717, 1.165) is 17.6 Å². The zero-order valence-corrected chi connectivity index (χ0v) is 11.6. The van der Waals surface area contributed by atoms with E-state index in [4.69, 9.17) is 5.73 Å². The summed E-state index contributed by atoms with van der Waals surface area (Å²) in [7, 11) is 0. The first-order valence-electron chi connectivity index (χ1n) is 6.08. The third-order valence-electron chi connectivity index (χ3n) is 3.36. The Kier molecular flexibility index (Phi) is 3.10. The van der Waals surface area contributed by atoms with Gasteiger partial charge in [-0.05, 0) is 29.3 Å². The van der Waals surface area contributed by atoms with E-state index in [1.807, 2.05) is 6.07 Å². The number of rotatable bonds is 2. The first-order valence-corrected chi connectivity index (χ1v) is 6.87. The Labute approximate surface area is 116 Å². The minimum absolute atomic E-state index is 0.112. The molecule has 0 aromatic heterocycles. The highest BCUT2D eigenvalue weighted by molar-refractivity contribution is 9.10. The van der Waals surface area contributed by atoms with E-state index in [2.05, 4.69) is 63.3 Å². The minimum Gasteiger partial charge on any atom is -0.365 e. The molecular formula is C15H15BrN2. The van der Waals surface area contributed by atoms with Crippen molar-refractivity contribution < 1.29 is 0 Å². The van der Waals surface area contributed by atoms with E-state index >= 15 is 0 Å². The molecule has 0 bridgehead atoms. The molecule has 92 valence electrons. The van der Waals surface area contributed by atoms with E-state index < -0.39 is 0 Å². The lowest BCUT2D eigenvalue weighted by molar-refractivity contribution is 0.720. The number of nitrogens with two attached hydrogens (primary N) is 1. The molecule has 2 aromatic rings. The molecule has 0 amide bonds. The summed E-state index contributed by atoms with van der Waals surface area (Å²) in [5.74, 6) is 0. The Bertz CT molecular complexity index is 554. The number of hydrogen-bond donors (Lipinski definition) is 1. The van der Waals surface area contributed by atoms with Gasteiger partial charge in [0.25, 0.3) is 0 Å². The fraction of sp³-hybridized carbons (Fsp3) is 0.200. The maximum absolute atomic E-state index is 6.20. The molecule has 0 saturated heterocycles. The molecule has 0 fully saturated rings. The van der Waals surface area contributed by atoms with Crippen LogP contribution in [0.15, 0.2) is 53.0 Å². The molecule has 0 aliphatic carbocycles. The summed E-state index contributed by atoms with van der Waals surface area (Å²) in [6.07, 6.45) is 0. The lowest BCUT2D eigenvalue weighted by Crippen LogP contribution is -2.23. The molecule has 0 spiro atoms. The van der Waals surface area contributed by atoms with Crippen molar-refractivity contribution in [2.75, 3.05) is 11.4 Å². The summed E-state index contributed by atoms with van der Waals surface area (Å²) >= 11 is 3.51. The lowest BCUT2D eigenvalue weighted by atomic mass is 10.1. The molecule has 1 atom stereocenters. The van der Waals surface area contributed by atoms with Gasteiger partial charge in [-0.3, -0.25) is 0 Å². The predicted octanol–water partition coefficient (Wildman–Crippen LogP) is 3.47. The summed E-state index contributed by atoms with van der Waals surface area (Å²) in [4.78, 5) is 2.35. The lowest BCUT2D eigenvalue weighted by Gasteiger charge is -2.19. The summed E-state index contributed by atoms with van der Waals surface area (Å²) in [5, 5.41) is 0. The van der Waals surface area contributed by atoms with E-state index in [9.17, 15) is 0 Å². The molecule has 1 heterocycles. The van der Waals surface area contributed by atoms with Crippen molar-refractivity contribution >= 4 is 21.6 Å². The summed E-state index contributed by atoms with van der Waals surface area (Å²) in [6.45, 7) is 1.81. The van der Waals surface area contributed by atoms with Gasteiger partial charge >= 0.3 is 0 Å². The molecule has 2 N–H and O–H groups in total. The van der Waals surface area contributed by atoms with E-state index in [1.54, 1.807) is 0 Å². The van der Waals surface area contributed by atoms with Crippen LogP contribution >= 0.6 is 15.9 Å². The fourth-order valence-corrected chi connectivity index (χ4v) is 2.88. The summed E-state index contributed by atoms with van der Waals surface area (Å²) < 4.78 is 1.10. The Balaban J connectivity index is 1.89. The Morgan fingerprint density at radius 1 is 1.17 bits per heavy atom. The van der Waals surface area contributed by atoms with Crippen LogP contribution in [0.2, 0.25) is 0 Å². The second-order valence-corrected chi connectivity index (χ2v) is 5.59. The van der Waals surface area contributed by atoms with Gasteiger partial charge in [0, 0.05) is 29.3 Å². The number of nitrogens with zero attached hydrogens (tertiary/aromatic N) is 1. The van der Waals surface area contributed by atoms with Crippen molar-refractivity contribution in [3.8, 4) is 0 Å². The average molecular weight is 303 g/mol. The van der Waals surface area contributed by atoms with Crippen LogP contribution in [-0.2, 0) is 6.54 Å². The van der Waals surface area contributed by atoms with Crippen LogP contribution in [0.5, 0.6) is 0 Å². The molecule has 2 aromatic carbocycles. The first kappa shape index (κ1) is 11.8. The topological polar surface area (TPSA) is 29.3 Å². The van der Waals surface area contributed by atoms with Gasteiger partial charge in [0.1, 0.15) is 0 Å². The van der Waals surface area contributed by atoms with Gasteiger partial charge < -0.3 is 10.6 Å². The molecule has 3 heteroatoms. The van der Waals surface area contributed by atoms with Gasteiger partial charge in [-0.25, -0.2) is 0 Å². The smallest absolute Gasteiger partial charge is 0.0494 e. The number of hydrogen-bond acceptors (Lipinski definition) is 2. The van der Waals surface area contributed by atoms with Crippen molar-refractivity contribution in [2.24, 2.45) is 5.73 Å². The van der Waals surface area contributed by atoms with Gasteiger partial charge in [-0.15, -0.1) is 0 Å². The van der Waals surface area contributed by atoms with E-state index in [-0.39, 0.29) is 6.04 Å². The third kappa shape index (κ3) is 2.16. The molecule has 0 radical (unpaired) electrons. The van der Waals surface area contributed by atoms with Crippen LogP contribution in [0.1, 0.15) is 17.2 Å². The van der Waals surface area contributed by atoms with Gasteiger partial charge in [-0.1, -0.05) is 46.3 Å². The monoisotopic (exact) mass is 302 g/mol. The van der Waals surface area contributed by atoms with Gasteiger partial charge in [-0.2, -0.15) is 0 Å². The van der Waals surface area contributed by atoms with Crippen molar-refractivity contribution in [1.29, 1.82) is 0 Å². The molecule has 0 unspecified atom stereocenters. The maximum atomic E-state index is 6.20. The van der Waals surface area contributed by atoms with Crippen LogP contribution in [-0.4, -0.2) is 6.54 Å². The normalized spacial score (nSPS) is 17.9. The van der Waals surface area contributed by atoms with Gasteiger partial charge in [0.2, 0.25) is 0 Å². The van der Waals surface area contributed by atoms with Crippen molar-refractivity contribution in [2.45, 2.75) is 12.6 Å². The minimum atomic E-state index is 0.112. The Morgan fingerprint density at radius 3 is 2.72 bits per heavy atom. The highest BCUT2D eigenvalue weighted by Crippen LogP contribution is 2.36. The van der Waals surface area contributed by atoms with Crippen molar-refractivity contribution in [3.63, 3.8) is 0 Å². The SMILES string of the molecule is N[C@H]1CN(Cc2ccccc2)c2ccc(Br)cc21. The molecule has 18 heavy (non-hydrogen) atoms. The maximum Gasteiger partial charge on any atom is 0.0494 e. The van der Waals surface area contributed by atoms with Gasteiger partial charge in [0.05, 0.1) is 0 Å². The van der Waals surface area contributed by atoms with Crippen LogP contribution in [0.3, 0.4) is 0 Å². The van der Waals surface area contributed by atoms with Crippen LogP contribution < -0.4 is 10.6 Å². The van der Waals surface area contributed by atoms with Crippen molar-refractivity contribution in [1.82, 2.24) is 0 Å². The standard InChI is InChI=1S/C15H15BrN2/c16-12-6-7-15-13(8-12)14(17)10-18(15)9-11-4-2-1-3-5-11/h1-8,14H,9-10,17H2/t14-/m0/s1. The summed E-state index contributed by atoms with van der Waals surface area (Å²) in [5.41, 5.74) is 10.0. The number of halogens is 1. The fourth-order valence-electron chi connectivity index (χ4n) is 2.50. The molecule has 2 nitrogen and oxygen atoms in total. The quantitative estimate of drug-likeness (QED) is 0.920. The molecule has 0 saturated carbocycles. The second kappa shape index (κ2) is 4.75. The number of anilines is 1.